The SMILES string of the molecule is O=C(Nc1cccnc1)c1ncn2c1-c1nc(NCC3CC3)ncc1CC2.O=C(O)C(F)(F)F. The highest BCUT2D eigenvalue weighted by Crippen LogP contribution is 2.32. The summed E-state index contributed by atoms with van der Waals surface area (Å²) in [6, 6.07) is 3.57. The molecule has 1 aliphatic heterocycles. The van der Waals surface area contributed by atoms with Gasteiger partial charge in [0.05, 0.1) is 23.9 Å². The predicted octanol–water partition coefficient (Wildman–Crippen LogP) is 3.00. The number of nitrogens with zero attached hydrogens (tertiary/aromatic N) is 5. The van der Waals surface area contributed by atoms with Crippen LogP contribution in [-0.2, 0) is 17.8 Å². The van der Waals surface area contributed by atoms with Crippen molar-refractivity contribution in [1.29, 1.82) is 0 Å². The molecule has 0 aromatic carbocycles. The number of alkyl halides is 3. The average Bonchev–Trinajstić information content (AvgIpc) is 3.53. The number of rotatable bonds is 5. The Kier molecular flexibility index (Phi) is 6.43. The minimum Gasteiger partial charge on any atom is -0.475 e. The van der Waals surface area contributed by atoms with Gasteiger partial charge in [-0.1, -0.05) is 0 Å². The summed E-state index contributed by atoms with van der Waals surface area (Å²) in [7, 11) is 0. The van der Waals surface area contributed by atoms with Crippen molar-refractivity contribution >= 4 is 23.5 Å². The van der Waals surface area contributed by atoms with Crippen LogP contribution in [0.4, 0.5) is 24.8 Å². The Bertz CT molecular complexity index is 1190. The summed E-state index contributed by atoms with van der Waals surface area (Å²) in [6.45, 7) is 1.65. The maximum atomic E-state index is 12.8. The van der Waals surface area contributed by atoms with Crippen molar-refractivity contribution in [3.63, 3.8) is 0 Å². The van der Waals surface area contributed by atoms with E-state index in [0.717, 1.165) is 42.4 Å². The van der Waals surface area contributed by atoms with Crippen molar-refractivity contribution in [3.05, 3.63) is 48.3 Å². The van der Waals surface area contributed by atoms with Crippen molar-refractivity contribution in [3.8, 4) is 11.4 Å². The lowest BCUT2D eigenvalue weighted by Crippen LogP contribution is -2.21. The number of carboxylic acids is 1. The summed E-state index contributed by atoms with van der Waals surface area (Å²) in [4.78, 5) is 39.2. The van der Waals surface area contributed by atoms with Gasteiger partial charge in [0.25, 0.3) is 5.91 Å². The van der Waals surface area contributed by atoms with E-state index in [2.05, 4.69) is 25.6 Å². The summed E-state index contributed by atoms with van der Waals surface area (Å²) in [5, 5.41) is 13.3. The predicted molar refractivity (Wildman–Crippen MR) is 114 cm³/mol. The Labute approximate surface area is 191 Å². The first-order chi connectivity index (χ1) is 16.2. The van der Waals surface area contributed by atoms with E-state index in [1.165, 1.54) is 12.8 Å². The van der Waals surface area contributed by atoms with E-state index in [9.17, 15) is 18.0 Å². The zero-order valence-electron chi connectivity index (χ0n) is 17.7. The van der Waals surface area contributed by atoms with Gasteiger partial charge in [0.15, 0.2) is 5.69 Å². The third-order valence-corrected chi connectivity index (χ3v) is 5.17. The molecule has 34 heavy (non-hydrogen) atoms. The van der Waals surface area contributed by atoms with E-state index in [0.29, 0.717) is 17.3 Å². The number of aliphatic carboxylic acids is 1. The van der Waals surface area contributed by atoms with Crippen molar-refractivity contribution in [2.75, 3.05) is 17.2 Å². The number of hydrogen-bond acceptors (Lipinski definition) is 7. The van der Waals surface area contributed by atoms with Crippen LogP contribution < -0.4 is 10.6 Å². The fourth-order valence-corrected chi connectivity index (χ4v) is 3.27. The normalized spacial score (nSPS) is 14.2. The first-order valence-electron chi connectivity index (χ1n) is 10.4. The molecule has 0 spiro atoms. The van der Waals surface area contributed by atoms with Gasteiger partial charge in [-0.15, -0.1) is 0 Å². The van der Waals surface area contributed by atoms with Gasteiger partial charge in [0.2, 0.25) is 5.95 Å². The van der Waals surface area contributed by atoms with E-state index < -0.39 is 12.1 Å². The molecule has 1 aliphatic carbocycles. The zero-order valence-corrected chi connectivity index (χ0v) is 17.7. The number of carboxylic acid groups (broad SMARTS) is 1. The highest BCUT2D eigenvalue weighted by Gasteiger charge is 2.38. The molecule has 5 rings (SSSR count). The van der Waals surface area contributed by atoms with Crippen LogP contribution in [0.15, 0.2) is 37.1 Å². The van der Waals surface area contributed by atoms with Crippen molar-refractivity contribution in [1.82, 2.24) is 24.5 Å². The Balaban J connectivity index is 0.000000344. The van der Waals surface area contributed by atoms with Crippen LogP contribution in [0.2, 0.25) is 0 Å². The molecule has 13 heteroatoms. The van der Waals surface area contributed by atoms with Gasteiger partial charge < -0.3 is 20.3 Å². The molecular formula is C21H20F3N7O3. The van der Waals surface area contributed by atoms with Crippen LogP contribution in [-0.4, -0.2) is 54.2 Å². The number of halogens is 3. The van der Waals surface area contributed by atoms with Crippen LogP contribution in [0.3, 0.4) is 0 Å². The minimum atomic E-state index is -5.08. The highest BCUT2D eigenvalue weighted by molar-refractivity contribution is 6.06. The van der Waals surface area contributed by atoms with Crippen LogP contribution in [0.25, 0.3) is 11.4 Å². The Morgan fingerprint density at radius 1 is 1.21 bits per heavy atom. The first kappa shape index (κ1) is 23.1. The summed E-state index contributed by atoms with van der Waals surface area (Å²) in [6.07, 6.45) is 5.11. The van der Waals surface area contributed by atoms with Crippen LogP contribution in [0, 0.1) is 5.92 Å². The molecule has 3 aromatic rings. The fourth-order valence-electron chi connectivity index (χ4n) is 3.27. The van der Waals surface area contributed by atoms with Gasteiger partial charge in [-0.05, 0) is 37.3 Å². The second-order valence-corrected chi connectivity index (χ2v) is 7.78. The van der Waals surface area contributed by atoms with Crippen LogP contribution >= 0.6 is 0 Å². The molecule has 2 aliphatic rings. The lowest BCUT2D eigenvalue weighted by Gasteiger charge is -2.19. The second kappa shape index (κ2) is 9.45. The Hall–Kier alpha value is -4.03. The number of pyridine rings is 1. The van der Waals surface area contributed by atoms with Crippen LogP contribution in [0.1, 0.15) is 28.9 Å². The molecule has 0 radical (unpaired) electrons. The lowest BCUT2D eigenvalue weighted by molar-refractivity contribution is -0.192. The lowest BCUT2D eigenvalue weighted by atomic mass is 10.0. The fraction of sp³-hybridized carbons (Fsp3) is 0.333. The molecular weight excluding hydrogens is 455 g/mol. The van der Waals surface area contributed by atoms with E-state index in [1.54, 1.807) is 30.9 Å². The largest absolute Gasteiger partial charge is 0.490 e. The van der Waals surface area contributed by atoms with Crippen molar-refractivity contribution in [2.24, 2.45) is 5.92 Å². The molecule has 178 valence electrons. The number of aromatic nitrogens is 5. The van der Waals surface area contributed by atoms with E-state index >= 15 is 0 Å². The van der Waals surface area contributed by atoms with Gasteiger partial charge in [-0.2, -0.15) is 13.2 Å². The number of fused-ring (bicyclic) bond motifs is 3. The summed E-state index contributed by atoms with van der Waals surface area (Å²) < 4.78 is 33.7. The number of carbonyl (C=O) groups is 2. The topological polar surface area (TPSA) is 135 Å². The number of imidazole rings is 1. The van der Waals surface area contributed by atoms with E-state index in [1.807, 2.05) is 10.8 Å². The zero-order chi connectivity index (χ0) is 24.3. The minimum absolute atomic E-state index is 0.268. The number of hydrogen-bond donors (Lipinski definition) is 3. The maximum absolute atomic E-state index is 12.8. The molecule has 4 heterocycles. The molecule has 10 nitrogen and oxygen atoms in total. The molecule has 3 N–H and O–H groups in total. The number of anilines is 2. The smallest absolute Gasteiger partial charge is 0.475 e. The monoisotopic (exact) mass is 475 g/mol. The molecule has 1 saturated carbocycles. The van der Waals surface area contributed by atoms with Gasteiger partial charge in [0.1, 0.15) is 5.69 Å². The first-order valence-corrected chi connectivity index (χ1v) is 10.4. The summed E-state index contributed by atoms with van der Waals surface area (Å²) in [5.41, 5.74) is 3.56. The number of carbonyl (C=O) groups excluding carboxylic acids is 1. The average molecular weight is 475 g/mol. The Morgan fingerprint density at radius 3 is 2.62 bits per heavy atom. The third kappa shape index (κ3) is 5.47. The molecule has 1 amide bonds. The summed E-state index contributed by atoms with van der Waals surface area (Å²) >= 11 is 0. The van der Waals surface area contributed by atoms with E-state index in [4.69, 9.17) is 14.9 Å². The van der Waals surface area contributed by atoms with E-state index in [-0.39, 0.29) is 5.91 Å². The van der Waals surface area contributed by atoms with Crippen molar-refractivity contribution < 1.29 is 27.9 Å². The number of nitrogens with one attached hydrogen (secondary N) is 2. The van der Waals surface area contributed by atoms with Gasteiger partial charge in [0, 0.05) is 31.0 Å². The third-order valence-electron chi connectivity index (χ3n) is 5.17. The molecule has 0 saturated heterocycles. The molecule has 0 unspecified atom stereocenters. The summed E-state index contributed by atoms with van der Waals surface area (Å²) in [5.74, 6) is -1.69. The number of amides is 1. The quantitative estimate of drug-likeness (QED) is 0.513. The molecule has 3 aromatic heterocycles. The van der Waals surface area contributed by atoms with Crippen LogP contribution in [0.5, 0.6) is 0 Å². The van der Waals surface area contributed by atoms with Crippen molar-refractivity contribution in [2.45, 2.75) is 32.0 Å². The molecule has 0 atom stereocenters. The van der Waals surface area contributed by atoms with Gasteiger partial charge >= 0.3 is 12.1 Å². The second-order valence-electron chi connectivity index (χ2n) is 7.78. The maximum Gasteiger partial charge on any atom is 0.490 e. The highest BCUT2D eigenvalue weighted by atomic mass is 19.4. The molecule has 1 fully saturated rings. The van der Waals surface area contributed by atoms with Gasteiger partial charge in [-0.25, -0.2) is 19.7 Å². The Morgan fingerprint density at radius 2 is 1.97 bits per heavy atom. The molecule has 0 bridgehead atoms. The number of aryl methyl sites for hydroxylation is 2. The van der Waals surface area contributed by atoms with Gasteiger partial charge in [-0.3, -0.25) is 9.78 Å². The standard InChI is InChI=1S/C19H19N7O.C2HF3O2/c27-18(24-14-2-1-6-20-10-14)16-17-15-13(5-7-26(17)11-23-16)9-22-19(25-15)21-8-12-3-4-12;3-2(4,5)1(6)7/h1-2,6,9-12H,3-5,7-8H2,(H,24,27)(H,21,22,25);(H,6,7).